The molecule has 0 bridgehead atoms. The number of carbonyl (C=O) groups is 1. The first kappa shape index (κ1) is 13.6. The van der Waals surface area contributed by atoms with Crippen LogP contribution in [0.15, 0.2) is 18.3 Å². The zero-order chi connectivity index (χ0) is 12.9. The third-order valence-electron chi connectivity index (χ3n) is 2.56. The highest BCUT2D eigenvalue weighted by Crippen LogP contribution is 2.22. The van der Waals surface area contributed by atoms with Crippen LogP contribution >= 0.6 is 0 Å². The number of halogens is 1. The normalized spacial score (nSPS) is 14.3. The number of aliphatic carboxylic acids is 1. The van der Waals surface area contributed by atoms with Gasteiger partial charge in [-0.3, -0.25) is 9.78 Å². The molecule has 1 aromatic rings. The summed E-state index contributed by atoms with van der Waals surface area (Å²) in [7, 11) is 0. The highest BCUT2D eigenvalue weighted by Gasteiger charge is 2.30. The molecule has 0 saturated carbocycles. The SMILES string of the molecule is CCCNC(C)(CC(=O)O)c1ccc(F)cn1. The highest BCUT2D eigenvalue weighted by atomic mass is 19.1. The van der Waals surface area contributed by atoms with Crippen molar-refractivity contribution in [2.75, 3.05) is 6.54 Å². The fourth-order valence-corrected chi connectivity index (χ4v) is 1.65. The first-order valence-corrected chi connectivity index (χ1v) is 5.57. The smallest absolute Gasteiger partial charge is 0.305 e. The van der Waals surface area contributed by atoms with E-state index in [0.29, 0.717) is 12.2 Å². The van der Waals surface area contributed by atoms with Crippen LogP contribution < -0.4 is 5.32 Å². The molecule has 1 unspecified atom stereocenters. The number of nitrogens with one attached hydrogen (secondary N) is 1. The lowest BCUT2D eigenvalue weighted by atomic mass is 9.92. The number of aromatic nitrogens is 1. The molecule has 4 nitrogen and oxygen atoms in total. The van der Waals surface area contributed by atoms with Crippen LogP contribution in [0.4, 0.5) is 4.39 Å². The molecule has 0 aromatic carbocycles. The summed E-state index contributed by atoms with van der Waals surface area (Å²) in [4.78, 5) is 14.8. The van der Waals surface area contributed by atoms with Gasteiger partial charge in [-0.05, 0) is 32.0 Å². The quantitative estimate of drug-likeness (QED) is 0.797. The molecule has 2 N–H and O–H groups in total. The summed E-state index contributed by atoms with van der Waals surface area (Å²) >= 11 is 0. The van der Waals surface area contributed by atoms with Crippen molar-refractivity contribution in [1.29, 1.82) is 0 Å². The number of rotatable bonds is 6. The Hall–Kier alpha value is -1.49. The van der Waals surface area contributed by atoms with Gasteiger partial charge in [0.15, 0.2) is 0 Å². The predicted octanol–water partition coefficient (Wildman–Crippen LogP) is 1.91. The van der Waals surface area contributed by atoms with E-state index in [-0.39, 0.29) is 6.42 Å². The van der Waals surface area contributed by atoms with E-state index in [4.69, 9.17) is 5.11 Å². The molecule has 0 spiro atoms. The van der Waals surface area contributed by atoms with Crippen LogP contribution in [-0.4, -0.2) is 22.6 Å². The minimum absolute atomic E-state index is 0.0916. The molecule has 0 aliphatic rings. The molecule has 0 saturated heterocycles. The van der Waals surface area contributed by atoms with Crippen molar-refractivity contribution < 1.29 is 14.3 Å². The maximum atomic E-state index is 12.8. The van der Waals surface area contributed by atoms with Gasteiger partial charge in [0.1, 0.15) is 5.82 Å². The van der Waals surface area contributed by atoms with Gasteiger partial charge >= 0.3 is 5.97 Å². The Bertz CT molecular complexity index is 381. The standard InChI is InChI=1S/C12H17FN2O2/c1-3-6-15-12(2,7-11(16)17)10-5-4-9(13)8-14-10/h4-5,8,15H,3,6-7H2,1-2H3,(H,16,17). The molecule has 0 amide bonds. The molecule has 1 atom stereocenters. The van der Waals surface area contributed by atoms with Crippen molar-refractivity contribution in [2.24, 2.45) is 0 Å². The monoisotopic (exact) mass is 240 g/mol. The number of carboxylic acids is 1. The molecule has 94 valence electrons. The van der Waals surface area contributed by atoms with E-state index in [2.05, 4.69) is 10.3 Å². The van der Waals surface area contributed by atoms with E-state index in [1.54, 1.807) is 6.92 Å². The Morgan fingerprint density at radius 1 is 1.59 bits per heavy atom. The van der Waals surface area contributed by atoms with Gasteiger partial charge in [0.2, 0.25) is 0 Å². The average molecular weight is 240 g/mol. The van der Waals surface area contributed by atoms with Gasteiger partial charge in [-0.15, -0.1) is 0 Å². The van der Waals surface area contributed by atoms with Gasteiger partial charge < -0.3 is 10.4 Å². The predicted molar refractivity (Wildman–Crippen MR) is 62.1 cm³/mol. The third kappa shape index (κ3) is 3.78. The van der Waals surface area contributed by atoms with Crippen molar-refractivity contribution in [3.05, 3.63) is 29.8 Å². The van der Waals surface area contributed by atoms with Gasteiger partial charge in [0, 0.05) is 0 Å². The first-order valence-electron chi connectivity index (χ1n) is 5.57. The number of hydrogen-bond acceptors (Lipinski definition) is 3. The largest absolute Gasteiger partial charge is 0.481 e. The summed E-state index contributed by atoms with van der Waals surface area (Å²) in [6.07, 6.45) is 1.89. The lowest BCUT2D eigenvalue weighted by Crippen LogP contribution is -2.42. The minimum atomic E-state index is -0.915. The highest BCUT2D eigenvalue weighted by molar-refractivity contribution is 5.68. The van der Waals surface area contributed by atoms with E-state index in [0.717, 1.165) is 12.6 Å². The Morgan fingerprint density at radius 2 is 2.29 bits per heavy atom. The van der Waals surface area contributed by atoms with Crippen molar-refractivity contribution in [2.45, 2.75) is 32.2 Å². The summed E-state index contributed by atoms with van der Waals surface area (Å²) < 4.78 is 12.8. The summed E-state index contributed by atoms with van der Waals surface area (Å²) in [6, 6.07) is 2.80. The maximum absolute atomic E-state index is 12.8. The fraction of sp³-hybridized carbons (Fsp3) is 0.500. The second kappa shape index (κ2) is 5.72. The molecular formula is C12H17FN2O2. The lowest BCUT2D eigenvalue weighted by Gasteiger charge is -2.28. The van der Waals surface area contributed by atoms with Crippen LogP contribution in [-0.2, 0) is 10.3 Å². The third-order valence-corrected chi connectivity index (χ3v) is 2.56. The molecular weight excluding hydrogens is 223 g/mol. The Labute approximate surface area is 99.9 Å². The minimum Gasteiger partial charge on any atom is -0.481 e. The lowest BCUT2D eigenvalue weighted by molar-refractivity contribution is -0.138. The molecule has 0 radical (unpaired) electrons. The van der Waals surface area contributed by atoms with Crippen LogP contribution in [0.3, 0.4) is 0 Å². The van der Waals surface area contributed by atoms with Crippen molar-refractivity contribution in [3.8, 4) is 0 Å². The van der Waals surface area contributed by atoms with Gasteiger partial charge in [-0.1, -0.05) is 6.92 Å². The Kier molecular flexibility index (Phi) is 4.57. The van der Waals surface area contributed by atoms with E-state index in [1.165, 1.54) is 12.1 Å². The molecule has 1 rings (SSSR count). The van der Waals surface area contributed by atoms with Gasteiger partial charge in [0.05, 0.1) is 23.9 Å². The average Bonchev–Trinajstić information content (AvgIpc) is 2.26. The van der Waals surface area contributed by atoms with E-state index in [9.17, 15) is 9.18 Å². The van der Waals surface area contributed by atoms with Crippen molar-refractivity contribution in [1.82, 2.24) is 10.3 Å². The Morgan fingerprint density at radius 3 is 2.76 bits per heavy atom. The van der Waals surface area contributed by atoms with Crippen LogP contribution in [0, 0.1) is 5.82 Å². The van der Waals surface area contributed by atoms with Crippen LogP contribution in [0.5, 0.6) is 0 Å². The Balaban J connectivity index is 2.95. The fourth-order valence-electron chi connectivity index (χ4n) is 1.65. The van der Waals surface area contributed by atoms with Crippen LogP contribution in [0.2, 0.25) is 0 Å². The van der Waals surface area contributed by atoms with Gasteiger partial charge in [-0.2, -0.15) is 0 Å². The molecule has 17 heavy (non-hydrogen) atoms. The molecule has 0 aliphatic heterocycles. The zero-order valence-corrected chi connectivity index (χ0v) is 10.0. The van der Waals surface area contributed by atoms with E-state index in [1.807, 2.05) is 6.92 Å². The summed E-state index contributed by atoms with van der Waals surface area (Å²) in [5.74, 6) is -1.34. The molecule has 5 heteroatoms. The second-order valence-electron chi connectivity index (χ2n) is 4.19. The molecule has 0 aliphatic carbocycles. The van der Waals surface area contributed by atoms with Crippen LogP contribution in [0.1, 0.15) is 32.4 Å². The van der Waals surface area contributed by atoms with Crippen molar-refractivity contribution >= 4 is 5.97 Å². The van der Waals surface area contributed by atoms with Gasteiger partial charge in [0.25, 0.3) is 0 Å². The molecule has 1 heterocycles. The zero-order valence-electron chi connectivity index (χ0n) is 10.0. The molecule has 1 aromatic heterocycles. The van der Waals surface area contributed by atoms with E-state index < -0.39 is 17.3 Å². The first-order chi connectivity index (χ1) is 7.98. The van der Waals surface area contributed by atoms with Gasteiger partial charge in [-0.25, -0.2) is 4.39 Å². The summed E-state index contributed by atoms with van der Waals surface area (Å²) in [5, 5.41) is 12.1. The topological polar surface area (TPSA) is 62.2 Å². The maximum Gasteiger partial charge on any atom is 0.305 e. The molecule has 0 fully saturated rings. The number of carboxylic acid groups (broad SMARTS) is 1. The number of hydrogen-bond donors (Lipinski definition) is 2. The number of nitrogens with zero attached hydrogens (tertiary/aromatic N) is 1. The second-order valence-corrected chi connectivity index (χ2v) is 4.19. The summed E-state index contributed by atoms with van der Waals surface area (Å²) in [6.45, 7) is 4.44. The number of pyridine rings is 1. The van der Waals surface area contributed by atoms with Crippen molar-refractivity contribution in [3.63, 3.8) is 0 Å². The van der Waals surface area contributed by atoms with Crippen LogP contribution in [0.25, 0.3) is 0 Å². The summed E-state index contributed by atoms with van der Waals surface area (Å²) in [5.41, 5.74) is -0.232. The van der Waals surface area contributed by atoms with E-state index >= 15 is 0 Å².